The van der Waals surface area contributed by atoms with Gasteiger partial charge in [-0.05, 0) is 89.3 Å². The first-order chi connectivity index (χ1) is 17.3. The summed E-state index contributed by atoms with van der Waals surface area (Å²) in [6.45, 7) is 4.88. The molecule has 0 saturated heterocycles. The van der Waals surface area contributed by atoms with Gasteiger partial charge in [0.1, 0.15) is 5.75 Å². The van der Waals surface area contributed by atoms with Gasteiger partial charge in [-0.15, -0.1) is 11.3 Å². The molecule has 0 fully saturated rings. The number of ketones is 1. The molecule has 0 saturated carbocycles. The van der Waals surface area contributed by atoms with Crippen LogP contribution >= 0.6 is 11.3 Å². The topological polar surface area (TPSA) is 70.4 Å². The molecule has 5 rings (SSSR count). The lowest BCUT2D eigenvalue weighted by atomic mass is 9.70. The number of phenolic OH excluding ortho intramolecular Hbond substituents is 1. The number of para-hydroxylation sites is 1. The first kappa shape index (κ1) is 25.4. The average Bonchev–Trinajstić information content (AvgIpc) is 3.27. The van der Waals surface area contributed by atoms with Gasteiger partial charge in [0.05, 0.1) is 11.0 Å². The molecular weight excluding hydrogens is 499 g/mol. The number of aromatic nitrogens is 1. The second-order valence-corrected chi connectivity index (χ2v) is 11.5. The zero-order valence-corrected chi connectivity index (χ0v) is 21.4. The molecule has 4 nitrogen and oxygen atoms in total. The highest BCUT2D eigenvalue weighted by Crippen LogP contribution is 2.49. The summed E-state index contributed by atoms with van der Waals surface area (Å²) in [6.07, 6.45) is 0.0633. The van der Waals surface area contributed by atoms with Crippen molar-refractivity contribution in [2.45, 2.75) is 56.7 Å². The predicted molar refractivity (Wildman–Crippen MR) is 138 cm³/mol. The summed E-state index contributed by atoms with van der Waals surface area (Å²) in [6, 6.07) is 8.47. The van der Waals surface area contributed by atoms with Gasteiger partial charge in [-0.1, -0.05) is 32.0 Å². The van der Waals surface area contributed by atoms with Crippen molar-refractivity contribution in [1.29, 1.82) is 0 Å². The number of nitrogens with zero attached hydrogens (tertiary/aromatic N) is 1. The molecule has 2 aromatic heterocycles. The second kappa shape index (κ2) is 8.67. The van der Waals surface area contributed by atoms with Crippen LogP contribution in [0.2, 0.25) is 0 Å². The van der Waals surface area contributed by atoms with Gasteiger partial charge in [-0.3, -0.25) is 4.79 Å². The fourth-order valence-electron chi connectivity index (χ4n) is 5.49. The Labute approximate surface area is 216 Å². The van der Waals surface area contributed by atoms with Gasteiger partial charge < -0.3 is 10.2 Å². The van der Waals surface area contributed by atoms with Crippen molar-refractivity contribution in [2.24, 2.45) is 0 Å². The number of carbonyl (C=O) groups is 1. The van der Waals surface area contributed by atoms with E-state index in [2.05, 4.69) is 4.98 Å². The first-order valence-corrected chi connectivity index (χ1v) is 12.8. The highest BCUT2D eigenvalue weighted by molar-refractivity contribution is 7.11. The van der Waals surface area contributed by atoms with Crippen LogP contribution in [0.3, 0.4) is 0 Å². The summed E-state index contributed by atoms with van der Waals surface area (Å²) in [5, 5.41) is 24.9. The molecule has 192 valence electrons. The summed E-state index contributed by atoms with van der Waals surface area (Å²) < 4.78 is 44.1. The lowest BCUT2D eigenvalue weighted by molar-refractivity contribution is -0.270. The summed E-state index contributed by atoms with van der Waals surface area (Å²) in [5.41, 5.74) is -1.55. The number of rotatable bonds is 5. The molecular formula is C29H26F3NO3S. The molecule has 0 radical (unpaired) electrons. The molecule has 0 spiro atoms. The summed E-state index contributed by atoms with van der Waals surface area (Å²) in [7, 11) is 0. The minimum absolute atomic E-state index is 0.0705. The number of carbonyl (C=O) groups excluding carboxylic acids is 1. The molecule has 0 aliphatic heterocycles. The molecule has 0 bridgehead atoms. The van der Waals surface area contributed by atoms with E-state index in [1.807, 2.05) is 11.5 Å². The van der Waals surface area contributed by atoms with Crippen molar-refractivity contribution in [3.05, 3.63) is 85.2 Å². The number of hydrogen-bond donors (Lipinski definition) is 2. The number of phenols is 1. The van der Waals surface area contributed by atoms with E-state index < -0.39 is 36.0 Å². The molecule has 1 aromatic carbocycles. The maximum atomic E-state index is 14.7. The van der Waals surface area contributed by atoms with Crippen LogP contribution in [-0.4, -0.2) is 32.8 Å². The fraction of sp³-hybridized carbons (Fsp3) is 0.310. The molecule has 2 atom stereocenters. The number of pyridine rings is 1. The molecule has 8 heteroatoms. The Balaban J connectivity index is 1.62. The van der Waals surface area contributed by atoms with Crippen LogP contribution < -0.4 is 10.6 Å². The van der Waals surface area contributed by atoms with E-state index >= 15 is 0 Å². The minimum Gasteiger partial charge on any atom is -0.507 e. The van der Waals surface area contributed by atoms with Crippen LogP contribution in [0.4, 0.5) is 13.2 Å². The molecule has 2 aliphatic rings. The lowest BCUT2D eigenvalue weighted by Gasteiger charge is -2.40. The van der Waals surface area contributed by atoms with Gasteiger partial charge in [0.25, 0.3) is 0 Å². The van der Waals surface area contributed by atoms with Crippen molar-refractivity contribution in [2.75, 3.05) is 0 Å². The van der Waals surface area contributed by atoms with Crippen molar-refractivity contribution in [3.8, 4) is 5.75 Å². The number of aromatic hydroxyl groups is 1. The maximum absolute atomic E-state index is 14.7. The number of alkyl halides is 3. The van der Waals surface area contributed by atoms with E-state index in [4.69, 9.17) is 0 Å². The van der Waals surface area contributed by atoms with Crippen LogP contribution in [0.25, 0.3) is 18.2 Å². The molecule has 0 amide bonds. The van der Waals surface area contributed by atoms with Crippen molar-refractivity contribution in [3.63, 3.8) is 0 Å². The zero-order chi connectivity index (χ0) is 26.8. The Morgan fingerprint density at radius 1 is 1.08 bits per heavy atom. The molecule has 2 unspecified atom stereocenters. The largest absolute Gasteiger partial charge is 0.507 e. The molecule has 3 aromatic rings. The number of thiophene rings is 1. The van der Waals surface area contributed by atoms with Gasteiger partial charge in [0, 0.05) is 16.0 Å². The Morgan fingerprint density at radius 3 is 2.57 bits per heavy atom. The monoisotopic (exact) mass is 525 g/mol. The number of allylic oxidation sites excluding steroid dienone is 1. The quantitative estimate of drug-likeness (QED) is 0.499. The maximum Gasteiger partial charge on any atom is 0.417 e. The van der Waals surface area contributed by atoms with Crippen molar-refractivity contribution >= 4 is 35.3 Å². The summed E-state index contributed by atoms with van der Waals surface area (Å²) >= 11 is 1.41. The average molecular weight is 526 g/mol. The standard InChI is InChI=1S/C29H26F3NO3S/c1-16-5-4-6-22(26(16)35)27(2,3)15-28(36,29(30,31)32)14-21-19-9-10-37-25(19)13-24-20(21)12-17-11-18(34)7-8-23(17)33-24/h4-13,21,35-36H,14-15H2,1-3H3. The van der Waals surface area contributed by atoms with Gasteiger partial charge in [-0.2, -0.15) is 13.2 Å². The van der Waals surface area contributed by atoms with E-state index in [0.717, 1.165) is 4.88 Å². The third-order valence-corrected chi connectivity index (χ3v) is 8.24. The van der Waals surface area contributed by atoms with Gasteiger partial charge in [0.15, 0.2) is 11.4 Å². The van der Waals surface area contributed by atoms with E-state index in [1.54, 1.807) is 57.2 Å². The smallest absolute Gasteiger partial charge is 0.417 e. The van der Waals surface area contributed by atoms with E-state index in [1.165, 1.54) is 23.5 Å². The third-order valence-electron chi connectivity index (χ3n) is 7.36. The molecule has 37 heavy (non-hydrogen) atoms. The Bertz CT molecular complexity index is 1570. The summed E-state index contributed by atoms with van der Waals surface area (Å²) in [5.74, 6) is -1.07. The summed E-state index contributed by atoms with van der Waals surface area (Å²) in [4.78, 5) is 17.4. The number of aryl methyl sites for hydroxylation is 1. The van der Waals surface area contributed by atoms with Gasteiger partial charge in [0.2, 0.25) is 0 Å². The van der Waals surface area contributed by atoms with Crippen LogP contribution in [0.15, 0.2) is 41.8 Å². The van der Waals surface area contributed by atoms with E-state index in [0.29, 0.717) is 38.5 Å². The van der Waals surface area contributed by atoms with Crippen molar-refractivity contribution in [1.82, 2.24) is 4.98 Å². The number of hydrogen-bond acceptors (Lipinski definition) is 5. The van der Waals surface area contributed by atoms with Crippen LogP contribution in [0.5, 0.6) is 5.75 Å². The third kappa shape index (κ3) is 4.42. The van der Waals surface area contributed by atoms with Crippen LogP contribution in [0, 0.1) is 6.92 Å². The second-order valence-electron chi connectivity index (χ2n) is 10.5. The van der Waals surface area contributed by atoms with Crippen LogP contribution in [-0.2, 0) is 10.2 Å². The number of halogens is 3. The fourth-order valence-corrected chi connectivity index (χ4v) is 6.37. The first-order valence-electron chi connectivity index (χ1n) is 11.9. The SMILES string of the molecule is Cc1cccc(C(C)(C)CC(O)(CC2c3ccsc3C=c3nc4c(cc32)=CC(=O)C=C4)C(F)(F)F)c1O. The Hall–Kier alpha value is -3.23. The highest BCUT2D eigenvalue weighted by Gasteiger charge is 2.57. The lowest BCUT2D eigenvalue weighted by Crippen LogP contribution is -2.50. The Morgan fingerprint density at radius 2 is 1.84 bits per heavy atom. The number of aliphatic hydroxyl groups is 1. The minimum atomic E-state index is -4.94. The highest BCUT2D eigenvalue weighted by atomic mass is 32.1. The molecule has 2 heterocycles. The molecule has 2 N–H and O–H groups in total. The zero-order valence-electron chi connectivity index (χ0n) is 20.6. The van der Waals surface area contributed by atoms with Crippen LogP contribution in [0.1, 0.15) is 65.4 Å². The normalized spacial score (nSPS) is 18.2. The van der Waals surface area contributed by atoms with E-state index in [9.17, 15) is 28.2 Å². The number of benzene rings is 1. The van der Waals surface area contributed by atoms with Gasteiger partial charge in [-0.25, -0.2) is 4.98 Å². The number of fused-ring (bicyclic) bond motifs is 3. The van der Waals surface area contributed by atoms with Crippen molar-refractivity contribution < 1.29 is 28.2 Å². The Kier molecular flexibility index (Phi) is 5.96. The van der Waals surface area contributed by atoms with Gasteiger partial charge >= 0.3 is 6.18 Å². The molecule has 2 aliphatic carbocycles. The van der Waals surface area contributed by atoms with E-state index in [-0.39, 0.29) is 11.5 Å². The predicted octanol–water partition coefficient (Wildman–Crippen LogP) is 4.86.